The second kappa shape index (κ2) is 9.62. The zero-order valence-electron chi connectivity index (χ0n) is 16.8. The summed E-state index contributed by atoms with van der Waals surface area (Å²) in [7, 11) is 0. The molecule has 32 heavy (non-hydrogen) atoms. The molecule has 1 heterocycles. The standard InChI is InChI=1S/C24H18ClF2N3O2/c25-18-5-1-16(2-6-18)13-28-24(31)23-22(32-15-17-3-7-19(26)8-4-17)14-30(29-23)21-11-9-20(27)10-12-21/h1-12,14H,13,15H2,(H,28,31). The van der Waals surface area contributed by atoms with Gasteiger partial charge in [0, 0.05) is 11.6 Å². The van der Waals surface area contributed by atoms with Gasteiger partial charge in [-0.3, -0.25) is 4.79 Å². The SMILES string of the molecule is O=C(NCc1ccc(Cl)cc1)c1nn(-c2ccc(F)cc2)cc1OCc1ccc(F)cc1. The molecule has 1 aromatic heterocycles. The van der Waals surface area contributed by atoms with Crippen LogP contribution in [-0.2, 0) is 13.2 Å². The van der Waals surface area contributed by atoms with E-state index in [9.17, 15) is 13.6 Å². The molecule has 0 aliphatic heterocycles. The Bertz CT molecular complexity index is 1210. The van der Waals surface area contributed by atoms with Gasteiger partial charge >= 0.3 is 0 Å². The Morgan fingerprint density at radius 2 is 1.50 bits per heavy atom. The van der Waals surface area contributed by atoms with Gasteiger partial charge in [-0.15, -0.1) is 0 Å². The Labute approximate surface area is 188 Å². The third kappa shape index (κ3) is 5.31. The van der Waals surface area contributed by atoms with Crippen LogP contribution in [0.3, 0.4) is 0 Å². The van der Waals surface area contributed by atoms with Crippen LogP contribution >= 0.6 is 11.6 Å². The van der Waals surface area contributed by atoms with Gasteiger partial charge in [-0.25, -0.2) is 13.5 Å². The van der Waals surface area contributed by atoms with Gasteiger partial charge in [0.15, 0.2) is 11.4 Å². The first-order chi connectivity index (χ1) is 15.5. The molecule has 0 atom stereocenters. The predicted molar refractivity (Wildman–Crippen MR) is 117 cm³/mol. The van der Waals surface area contributed by atoms with Crippen molar-refractivity contribution in [2.45, 2.75) is 13.2 Å². The third-order valence-corrected chi connectivity index (χ3v) is 4.91. The van der Waals surface area contributed by atoms with Gasteiger partial charge in [-0.2, -0.15) is 5.10 Å². The second-order valence-electron chi connectivity index (χ2n) is 6.99. The Morgan fingerprint density at radius 3 is 2.16 bits per heavy atom. The molecule has 5 nitrogen and oxygen atoms in total. The summed E-state index contributed by atoms with van der Waals surface area (Å²) in [6.07, 6.45) is 1.55. The van der Waals surface area contributed by atoms with Gasteiger partial charge in [0.2, 0.25) is 0 Å². The molecule has 1 N–H and O–H groups in total. The third-order valence-electron chi connectivity index (χ3n) is 4.66. The lowest BCUT2D eigenvalue weighted by molar-refractivity contribution is 0.0941. The Hall–Kier alpha value is -3.71. The lowest BCUT2D eigenvalue weighted by Crippen LogP contribution is -2.24. The molecule has 0 spiro atoms. The summed E-state index contributed by atoms with van der Waals surface area (Å²) in [6.45, 7) is 0.393. The molecule has 0 bridgehead atoms. The highest BCUT2D eigenvalue weighted by atomic mass is 35.5. The van der Waals surface area contributed by atoms with E-state index in [0.717, 1.165) is 11.1 Å². The van der Waals surface area contributed by atoms with Gasteiger partial charge < -0.3 is 10.1 Å². The highest BCUT2D eigenvalue weighted by molar-refractivity contribution is 6.30. The number of benzene rings is 3. The minimum Gasteiger partial charge on any atom is -0.485 e. The van der Waals surface area contributed by atoms with Crippen LogP contribution in [0.5, 0.6) is 5.75 Å². The molecule has 0 aliphatic rings. The zero-order valence-corrected chi connectivity index (χ0v) is 17.5. The molecule has 0 radical (unpaired) electrons. The van der Waals surface area contributed by atoms with Crippen molar-refractivity contribution >= 4 is 17.5 Å². The average molecular weight is 454 g/mol. The normalized spacial score (nSPS) is 10.7. The van der Waals surface area contributed by atoms with E-state index in [2.05, 4.69) is 10.4 Å². The number of aromatic nitrogens is 2. The molecule has 0 fully saturated rings. The molecule has 0 unspecified atom stereocenters. The highest BCUT2D eigenvalue weighted by Crippen LogP contribution is 2.22. The fraction of sp³-hybridized carbons (Fsp3) is 0.0833. The molecule has 162 valence electrons. The first-order valence-electron chi connectivity index (χ1n) is 9.73. The Balaban J connectivity index is 1.55. The minimum absolute atomic E-state index is 0.0744. The second-order valence-corrected chi connectivity index (χ2v) is 7.42. The molecule has 1 amide bonds. The first-order valence-corrected chi connectivity index (χ1v) is 10.1. The predicted octanol–water partition coefficient (Wildman–Crippen LogP) is 5.31. The summed E-state index contributed by atoms with van der Waals surface area (Å²) in [5.74, 6) is -0.919. The van der Waals surface area contributed by atoms with E-state index in [1.165, 1.54) is 28.9 Å². The number of hydrogen-bond acceptors (Lipinski definition) is 3. The molecule has 8 heteroatoms. The first kappa shape index (κ1) is 21.5. The largest absolute Gasteiger partial charge is 0.485 e. The van der Waals surface area contributed by atoms with Crippen molar-refractivity contribution in [1.82, 2.24) is 15.1 Å². The lowest BCUT2D eigenvalue weighted by Gasteiger charge is -2.07. The molecule has 4 rings (SSSR count). The molecular weight excluding hydrogens is 436 g/mol. The number of halogens is 3. The van der Waals surface area contributed by atoms with Crippen molar-refractivity contribution in [1.29, 1.82) is 0 Å². The minimum atomic E-state index is -0.435. The van der Waals surface area contributed by atoms with Crippen LogP contribution in [0.4, 0.5) is 8.78 Å². The van der Waals surface area contributed by atoms with Crippen LogP contribution in [0.25, 0.3) is 5.69 Å². The van der Waals surface area contributed by atoms with Gasteiger partial charge in [-0.05, 0) is 59.7 Å². The van der Waals surface area contributed by atoms with Gasteiger partial charge in [-0.1, -0.05) is 35.9 Å². The molecule has 0 aliphatic carbocycles. The van der Waals surface area contributed by atoms with E-state index < -0.39 is 5.91 Å². The highest BCUT2D eigenvalue weighted by Gasteiger charge is 2.19. The van der Waals surface area contributed by atoms with Crippen LogP contribution in [0.1, 0.15) is 21.6 Å². The van der Waals surface area contributed by atoms with Crippen molar-refractivity contribution in [3.63, 3.8) is 0 Å². The Morgan fingerprint density at radius 1 is 0.906 bits per heavy atom. The van der Waals surface area contributed by atoms with E-state index in [1.807, 2.05) is 12.1 Å². The molecule has 0 saturated heterocycles. The number of carbonyl (C=O) groups excluding carboxylic acids is 1. The lowest BCUT2D eigenvalue weighted by atomic mass is 10.2. The van der Waals surface area contributed by atoms with E-state index in [-0.39, 0.29) is 36.2 Å². The quantitative estimate of drug-likeness (QED) is 0.412. The smallest absolute Gasteiger partial charge is 0.275 e. The van der Waals surface area contributed by atoms with Gasteiger partial charge in [0.1, 0.15) is 18.2 Å². The number of rotatable bonds is 7. The molecule has 3 aromatic carbocycles. The fourth-order valence-electron chi connectivity index (χ4n) is 2.96. The maximum Gasteiger partial charge on any atom is 0.275 e. The number of nitrogens with one attached hydrogen (secondary N) is 1. The van der Waals surface area contributed by atoms with Crippen LogP contribution in [0.15, 0.2) is 79.0 Å². The summed E-state index contributed by atoms with van der Waals surface area (Å²) in [6, 6.07) is 18.7. The Kier molecular flexibility index (Phi) is 6.47. The number of ether oxygens (including phenoxy) is 1. The monoisotopic (exact) mass is 453 g/mol. The molecular formula is C24H18ClF2N3O2. The summed E-state index contributed by atoms with van der Waals surface area (Å²) in [5, 5.41) is 7.75. The average Bonchev–Trinajstić information content (AvgIpc) is 3.23. The van der Waals surface area contributed by atoms with E-state index in [4.69, 9.17) is 16.3 Å². The van der Waals surface area contributed by atoms with Gasteiger partial charge in [0.05, 0.1) is 11.9 Å². The fourth-order valence-corrected chi connectivity index (χ4v) is 3.08. The van der Waals surface area contributed by atoms with E-state index in [1.54, 1.807) is 42.6 Å². The van der Waals surface area contributed by atoms with Crippen molar-refractivity contribution in [3.8, 4) is 11.4 Å². The summed E-state index contributed by atoms with van der Waals surface area (Å²) < 4.78 is 33.7. The van der Waals surface area contributed by atoms with Crippen LogP contribution in [-0.4, -0.2) is 15.7 Å². The number of nitrogens with zero attached hydrogens (tertiary/aromatic N) is 2. The van der Waals surface area contributed by atoms with Crippen LogP contribution in [0.2, 0.25) is 5.02 Å². The van der Waals surface area contributed by atoms with Crippen molar-refractivity contribution in [2.24, 2.45) is 0 Å². The van der Waals surface area contributed by atoms with Crippen LogP contribution in [0, 0.1) is 11.6 Å². The number of amides is 1. The summed E-state index contributed by atoms with van der Waals surface area (Å²) in [5.41, 5.74) is 2.24. The van der Waals surface area contributed by atoms with Crippen molar-refractivity contribution in [2.75, 3.05) is 0 Å². The topological polar surface area (TPSA) is 56.2 Å². The number of hydrogen-bond donors (Lipinski definition) is 1. The molecule has 0 saturated carbocycles. The summed E-state index contributed by atoms with van der Waals surface area (Å²) >= 11 is 5.89. The molecule has 4 aromatic rings. The maximum atomic E-state index is 13.3. The zero-order chi connectivity index (χ0) is 22.5. The van der Waals surface area contributed by atoms with Crippen molar-refractivity contribution in [3.05, 3.63) is 112 Å². The number of carbonyl (C=O) groups is 1. The maximum absolute atomic E-state index is 13.3. The van der Waals surface area contributed by atoms with Gasteiger partial charge in [0.25, 0.3) is 5.91 Å². The van der Waals surface area contributed by atoms with E-state index in [0.29, 0.717) is 10.7 Å². The van der Waals surface area contributed by atoms with Crippen LogP contribution < -0.4 is 10.1 Å². The summed E-state index contributed by atoms with van der Waals surface area (Å²) in [4.78, 5) is 12.9. The van der Waals surface area contributed by atoms with Crippen molar-refractivity contribution < 1.29 is 18.3 Å². The van der Waals surface area contributed by atoms with E-state index >= 15 is 0 Å².